The maximum absolute atomic E-state index is 13.9. The van der Waals surface area contributed by atoms with Crippen molar-refractivity contribution in [3.63, 3.8) is 0 Å². The molecule has 0 bridgehead atoms. The molecule has 0 saturated carbocycles. The Morgan fingerprint density at radius 2 is 1.83 bits per heavy atom. The Morgan fingerprint density at radius 1 is 1.00 bits per heavy atom. The first-order chi connectivity index (χ1) is 8.75. The van der Waals surface area contributed by atoms with Crippen LogP contribution in [0, 0.1) is 11.6 Å². The standard InChI is InChI=1S/C15H13F2N/c16-11-5-6-15(17)13(7-11)14-9-18-8-10-3-1-2-4-12(10)14/h1-7,14,18H,8-9H2. The number of nitrogens with one attached hydrogen (secondary N) is 1. The fourth-order valence-electron chi connectivity index (χ4n) is 2.56. The smallest absolute Gasteiger partial charge is 0.127 e. The molecule has 0 spiro atoms. The van der Waals surface area contributed by atoms with Crippen molar-refractivity contribution >= 4 is 0 Å². The van der Waals surface area contributed by atoms with Gasteiger partial charge in [-0.05, 0) is 34.9 Å². The molecule has 3 rings (SSSR count). The van der Waals surface area contributed by atoms with Gasteiger partial charge >= 0.3 is 0 Å². The summed E-state index contributed by atoms with van der Waals surface area (Å²) in [6, 6.07) is 11.6. The molecule has 1 aliphatic heterocycles. The van der Waals surface area contributed by atoms with Gasteiger partial charge in [-0.3, -0.25) is 0 Å². The first-order valence-corrected chi connectivity index (χ1v) is 5.99. The summed E-state index contributed by atoms with van der Waals surface area (Å²) < 4.78 is 27.1. The quantitative estimate of drug-likeness (QED) is 0.813. The molecule has 2 aromatic rings. The fraction of sp³-hybridized carbons (Fsp3) is 0.200. The largest absolute Gasteiger partial charge is 0.312 e. The molecule has 0 radical (unpaired) electrons. The molecule has 1 N–H and O–H groups in total. The van der Waals surface area contributed by atoms with Crippen molar-refractivity contribution in [1.82, 2.24) is 5.32 Å². The average Bonchev–Trinajstić information content (AvgIpc) is 2.41. The van der Waals surface area contributed by atoms with Crippen molar-refractivity contribution in [2.24, 2.45) is 0 Å². The van der Waals surface area contributed by atoms with Crippen LogP contribution < -0.4 is 5.32 Å². The van der Waals surface area contributed by atoms with Gasteiger partial charge in [0, 0.05) is 19.0 Å². The number of rotatable bonds is 1. The van der Waals surface area contributed by atoms with Crippen LogP contribution in [0.5, 0.6) is 0 Å². The van der Waals surface area contributed by atoms with Crippen molar-refractivity contribution in [2.75, 3.05) is 6.54 Å². The minimum Gasteiger partial charge on any atom is -0.312 e. The Bertz CT molecular complexity index is 580. The molecule has 0 amide bonds. The van der Waals surface area contributed by atoms with Crippen LogP contribution in [0.1, 0.15) is 22.6 Å². The number of hydrogen-bond donors (Lipinski definition) is 1. The molecule has 0 fully saturated rings. The Morgan fingerprint density at radius 3 is 2.72 bits per heavy atom. The molecule has 1 atom stereocenters. The Balaban J connectivity index is 2.11. The third-order valence-electron chi connectivity index (χ3n) is 3.43. The summed E-state index contributed by atoms with van der Waals surface area (Å²) in [5, 5.41) is 3.25. The zero-order chi connectivity index (χ0) is 12.5. The summed E-state index contributed by atoms with van der Waals surface area (Å²) in [7, 11) is 0. The Hall–Kier alpha value is -1.74. The number of halogens is 2. The van der Waals surface area contributed by atoms with Crippen LogP contribution in [0.4, 0.5) is 8.78 Å². The van der Waals surface area contributed by atoms with Gasteiger partial charge in [-0.2, -0.15) is 0 Å². The highest BCUT2D eigenvalue weighted by atomic mass is 19.1. The topological polar surface area (TPSA) is 12.0 Å². The van der Waals surface area contributed by atoms with Gasteiger partial charge in [-0.1, -0.05) is 24.3 Å². The van der Waals surface area contributed by atoms with Crippen LogP contribution in [0.2, 0.25) is 0 Å². The molecule has 0 aromatic heterocycles. The third-order valence-corrected chi connectivity index (χ3v) is 3.43. The lowest BCUT2D eigenvalue weighted by Gasteiger charge is -2.27. The second kappa shape index (κ2) is 4.50. The predicted molar refractivity (Wildman–Crippen MR) is 66.3 cm³/mol. The van der Waals surface area contributed by atoms with Crippen molar-refractivity contribution in [3.05, 3.63) is 70.8 Å². The number of benzene rings is 2. The maximum Gasteiger partial charge on any atom is 0.127 e. The molecule has 92 valence electrons. The maximum atomic E-state index is 13.9. The average molecular weight is 245 g/mol. The van der Waals surface area contributed by atoms with E-state index < -0.39 is 5.82 Å². The monoisotopic (exact) mass is 245 g/mol. The highest BCUT2D eigenvalue weighted by Gasteiger charge is 2.23. The first kappa shape index (κ1) is 11.4. The minimum absolute atomic E-state index is 0.120. The van der Waals surface area contributed by atoms with Crippen LogP contribution in [-0.2, 0) is 6.54 Å². The summed E-state index contributed by atoms with van der Waals surface area (Å²) in [6.45, 7) is 1.42. The van der Waals surface area contributed by atoms with Crippen LogP contribution in [0.15, 0.2) is 42.5 Å². The van der Waals surface area contributed by atoms with Gasteiger partial charge in [0.25, 0.3) is 0 Å². The lowest BCUT2D eigenvalue weighted by Crippen LogP contribution is -2.29. The predicted octanol–water partition coefficient (Wildman–Crippen LogP) is 3.20. The zero-order valence-electron chi connectivity index (χ0n) is 9.79. The van der Waals surface area contributed by atoms with E-state index in [0.717, 1.165) is 23.7 Å². The summed E-state index contributed by atoms with van der Waals surface area (Å²) in [5.74, 6) is -0.861. The van der Waals surface area contributed by atoms with E-state index in [9.17, 15) is 8.78 Å². The van der Waals surface area contributed by atoms with E-state index in [1.165, 1.54) is 12.1 Å². The van der Waals surface area contributed by atoms with E-state index in [0.29, 0.717) is 12.1 Å². The lowest BCUT2D eigenvalue weighted by molar-refractivity contribution is 0.540. The molecule has 1 heterocycles. The van der Waals surface area contributed by atoms with E-state index in [1.807, 2.05) is 24.3 Å². The van der Waals surface area contributed by atoms with Gasteiger partial charge in [0.05, 0.1) is 0 Å². The molecule has 1 nitrogen and oxygen atoms in total. The van der Waals surface area contributed by atoms with Gasteiger partial charge < -0.3 is 5.32 Å². The lowest BCUT2D eigenvalue weighted by atomic mass is 9.85. The van der Waals surface area contributed by atoms with Crippen LogP contribution >= 0.6 is 0 Å². The molecule has 1 aliphatic rings. The normalized spacial score (nSPS) is 18.4. The van der Waals surface area contributed by atoms with Crippen molar-refractivity contribution in [1.29, 1.82) is 0 Å². The fourth-order valence-corrected chi connectivity index (χ4v) is 2.56. The SMILES string of the molecule is Fc1ccc(F)c(C2CNCc3ccccc32)c1. The van der Waals surface area contributed by atoms with Gasteiger partial charge in [0.2, 0.25) is 0 Å². The van der Waals surface area contributed by atoms with Crippen LogP contribution in [0.3, 0.4) is 0 Å². The molecule has 2 aromatic carbocycles. The molecule has 3 heteroatoms. The number of hydrogen-bond acceptors (Lipinski definition) is 1. The summed E-state index contributed by atoms with van der Waals surface area (Å²) in [6.07, 6.45) is 0. The number of fused-ring (bicyclic) bond motifs is 1. The highest BCUT2D eigenvalue weighted by Crippen LogP contribution is 2.31. The first-order valence-electron chi connectivity index (χ1n) is 5.99. The summed E-state index contributed by atoms with van der Waals surface area (Å²) in [4.78, 5) is 0. The Kier molecular flexibility index (Phi) is 2.84. The van der Waals surface area contributed by atoms with Gasteiger partial charge in [-0.25, -0.2) is 8.78 Å². The van der Waals surface area contributed by atoms with Crippen LogP contribution in [-0.4, -0.2) is 6.54 Å². The van der Waals surface area contributed by atoms with Crippen molar-refractivity contribution < 1.29 is 8.78 Å². The van der Waals surface area contributed by atoms with Gasteiger partial charge in [-0.15, -0.1) is 0 Å². The minimum atomic E-state index is -0.394. The molecular weight excluding hydrogens is 232 g/mol. The second-order valence-electron chi connectivity index (χ2n) is 4.55. The summed E-state index contributed by atoms with van der Waals surface area (Å²) >= 11 is 0. The molecule has 1 unspecified atom stereocenters. The second-order valence-corrected chi connectivity index (χ2v) is 4.55. The third kappa shape index (κ3) is 1.91. The Labute approximate surface area is 104 Å². The highest BCUT2D eigenvalue weighted by molar-refractivity contribution is 5.40. The van der Waals surface area contributed by atoms with E-state index in [1.54, 1.807) is 0 Å². The van der Waals surface area contributed by atoms with Crippen molar-refractivity contribution in [2.45, 2.75) is 12.5 Å². The molecular formula is C15H13F2N. The van der Waals surface area contributed by atoms with E-state index in [4.69, 9.17) is 0 Å². The van der Waals surface area contributed by atoms with E-state index >= 15 is 0 Å². The van der Waals surface area contributed by atoms with Gasteiger partial charge in [0.1, 0.15) is 11.6 Å². The van der Waals surface area contributed by atoms with E-state index in [2.05, 4.69) is 5.32 Å². The molecule has 0 aliphatic carbocycles. The van der Waals surface area contributed by atoms with Crippen molar-refractivity contribution in [3.8, 4) is 0 Å². The summed E-state index contributed by atoms with van der Waals surface area (Å²) in [5.41, 5.74) is 2.66. The molecule has 0 saturated heterocycles. The zero-order valence-corrected chi connectivity index (χ0v) is 9.79. The van der Waals surface area contributed by atoms with Crippen LogP contribution in [0.25, 0.3) is 0 Å². The molecule has 18 heavy (non-hydrogen) atoms. The van der Waals surface area contributed by atoms with Gasteiger partial charge in [0.15, 0.2) is 0 Å². The van der Waals surface area contributed by atoms with E-state index in [-0.39, 0.29) is 11.7 Å².